The highest BCUT2D eigenvalue weighted by molar-refractivity contribution is 5.79. The fourth-order valence-corrected chi connectivity index (χ4v) is 3.55. The van der Waals surface area contributed by atoms with Gasteiger partial charge in [-0.2, -0.15) is 0 Å². The average molecular weight is 396 g/mol. The molecule has 0 bridgehead atoms. The van der Waals surface area contributed by atoms with E-state index < -0.39 is 0 Å². The minimum atomic E-state index is -0.297. The van der Waals surface area contributed by atoms with Gasteiger partial charge in [-0.1, -0.05) is 11.2 Å². The zero-order valence-corrected chi connectivity index (χ0v) is 16.3. The summed E-state index contributed by atoms with van der Waals surface area (Å²) in [6.45, 7) is 0.973. The van der Waals surface area contributed by atoms with Gasteiger partial charge in [0.2, 0.25) is 5.91 Å². The average Bonchev–Trinajstić information content (AvgIpc) is 3.17. The lowest BCUT2D eigenvalue weighted by Gasteiger charge is -2.26. The molecule has 4 rings (SSSR count). The molecule has 0 aliphatic carbocycles. The van der Waals surface area contributed by atoms with E-state index in [0.29, 0.717) is 36.8 Å². The zero-order valence-electron chi connectivity index (χ0n) is 16.3. The maximum Gasteiger partial charge on any atom is 0.227 e. The van der Waals surface area contributed by atoms with Gasteiger partial charge in [0.25, 0.3) is 0 Å². The van der Waals surface area contributed by atoms with Crippen molar-refractivity contribution in [1.82, 2.24) is 10.1 Å². The number of methoxy groups -OCH3 is 2. The summed E-state index contributed by atoms with van der Waals surface area (Å²) in [4.78, 5) is 14.6. The summed E-state index contributed by atoms with van der Waals surface area (Å²) in [5, 5.41) is 4.15. The van der Waals surface area contributed by atoms with Gasteiger partial charge in [-0.25, -0.2) is 4.39 Å². The Morgan fingerprint density at radius 3 is 2.62 bits per heavy atom. The van der Waals surface area contributed by atoms with Gasteiger partial charge in [-0.15, -0.1) is 0 Å². The monoisotopic (exact) mass is 396 g/mol. The van der Waals surface area contributed by atoms with Gasteiger partial charge in [0.05, 0.1) is 27.2 Å². The van der Waals surface area contributed by atoms with Crippen LogP contribution in [0.3, 0.4) is 0 Å². The summed E-state index contributed by atoms with van der Waals surface area (Å²) >= 11 is 0. The standard InChI is InChI=1S/C22H21FN2O4/c1-27-19-8-3-14(11-20(19)28-2)12-21(26)25-10-9-17-18(13-25)24-29-22(17)15-4-6-16(23)7-5-15/h3-8,11H,9-10,12-13H2,1-2H3. The lowest BCUT2D eigenvalue weighted by Crippen LogP contribution is -2.36. The minimum Gasteiger partial charge on any atom is -0.493 e. The largest absolute Gasteiger partial charge is 0.493 e. The van der Waals surface area contributed by atoms with Gasteiger partial charge in [0, 0.05) is 17.7 Å². The van der Waals surface area contributed by atoms with Gasteiger partial charge in [-0.05, 0) is 48.4 Å². The van der Waals surface area contributed by atoms with Crippen LogP contribution < -0.4 is 9.47 Å². The Morgan fingerprint density at radius 1 is 1.14 bits per heavy atom. The van der Waals surface area contributed by atoms with Crippen LogP contribution in [0.25, 0.3) is 11.3 Å². The van der Waals surface area contributed by atoms with Crippen molar-refractivity contribution in [2.24, 2.45) is 0 Å². The van der Waals surface area contributed by atoms with Gasteiger partial charge in [0.1, 0.15) is 11.5 Å². The molecule has 2 aromatic carbocycles. The first kappa shape index (κ1) is 19.0. The smallest absolute Gasteiger partial charge is 0.227 e. The predicted octanol–water partition coefficient (Wildman–Crippen LogP) is 3.63. The van der Waals surface area contributed by atoms with E-state index in [1.165, 1.54) is 12.1 Å². The number of amides is 1. The Labute approximate surface area is 167 Å². The topological polar surface area (TPSA) is 64.8 Å². The van der Waals surface area contributed by atoms with E-state index in [1.54, 1.807) is 37.3 Å². The van der Waals surface area contributed by atoms with Gasteiger partial charge < -0.3 is 18.9 Å². The number of aromatic nitrogens is 1. The first-order valence-corrected chi connectivity index (χ1v) is 9.31. The number of carbonyl (C=O) groups is 1. The van der Waals surface area contributed by atoms with Gasteiger partial charge in [-0.3, -0.25) is 4.79 Å². The molecule has 0 saturated carbocycles. The first-order valence-electron chi connectivity index (χ1n) is 9.31. The van der Waals surface area contributed by atoms with Crippen LogP contribution in [0.5, 0.6) is 11.5 Å². The second-order valence-electron chi connectivity index (χ2n) is 6.88. The summed E-state index contributed by atoms with van der Waals surface area (Å²) in [5.74, 6) is 1.58. The molecule has 1 amide bonds. The SMILES string of the molecule is COc1ccc(CC(=O)N2CCc3c(noc3-c3ccc(F)cc3)C2)cc1OC. The van der Waals surface area contributed by atoms with Crippen LogP contribution >= 0.6 is 0 Å². The van der Waals surface area contributed by atoms with Crippen LogP contribution in [0.2, 0.25) is 0 Å². The van der Waals surface area contributed by atoms with Crippen molar-refractivity contribution in [2.75, 3.05) is 20.8 Å². The number of halogens is 1. The van der Waals surface area contributed by atoms with Crippen molar-refractivity contribution in [3.8, 4) is 22.8 Å². The summed E-state index contributed by atoms with van der Waals surface area (Å²) < 4.78 is 29.2. The highest BCUT2D eigenvalue weighted by Gasteiger charge is 2.27. The molecule has 0 unspecified atom stereocenters. The van der Waals surface area contributed by atoms with Crippen LogP contribution in [0, 0.1) is 5.82 Å². The van der Waals surface area contributed by atoms with Crippen molar-refractivity contribution < 1.29 is 23.2 Å². The molecule has 1 aliphatic heterocycles. The second-order valence-corrected chi connectivity index (χ2v) is 6.88. The summed E-state index contributed by atoms with van der Waals surface area (Å²) in [6.07, 6.45) is 0.904. The highest BCUT2D eigenvalue weighted by Crippen LogP contribution is 2.31. The van der Waals surface area contributed by atoms with Crippen molar-refractivity contribution in [2.45, 2.75) is 19.4 Å². The number of ether oxygens (including phenoxy) is 2. The fourth-order valence-electron chi connectivity index (χ4n) is 3.55. The Bertz CT molecular complexity index is 1030. The molecule has 0 saturated heterocycles. The lowest BCUT2D eigenvalue weighted by molar-refractivity contribution is -0.131. The molecule has 3 aromatic rings. The molecule has 6 nitrogen and oxygen atoms in total. The van der Waals surface area contributed by atoms with E-state index in [0.717, 1.165) is 22.4 Å². The van der Waals surface area contributed by atoms with Gasteiger partial charge >= 0.3 is 0 Å². The number of rotatable bonds is 5. The zero-order chi connectivity index (χ0) is 20.4. The maximum absolute atomic E-state index is 13.2. The van der Waals surface area contributed by atoms with Crippen molar-refractivity contribution in [1.29, 1.82) is 0 Å². The van der Waals surface area contributed by atoms with E-state index in [-0.39, 0.29) is 18.1 Å². The molecule has 0 atom stereocenters. The predicted molar refractivity (Wildman–Crippen MR) is 104 cm³/mol. The van der Waals surface area contributed by atoms with Crippen LogP contribution in [-0.2, 0) is 24.2 Å². The number of nitrogens with zero attached hydrogens (tertiary/aromatic N) is 2. The number of hydrogen-bond acceptors (Lipinski definition) is 5. The molecule has 1 aromatic heterocycles. The van der Waals surface area contributed by atoms with E-state index >= 15 is 0 Å². The van der Waals surface area contributed by atoms with E-state index in [9.17, 15) is 9.18 Å². The Hall–Kier alpha value is -3.35. The quantitative estimate of drug-likeness (QED) is 0.659. The summed E-state index contributed by atoms with van der Waals surface area (Å²) in [6, 6.07) is 11.6. The van der Waals surface area contributed by atoms with Crippen molar-refractivity contribution >= 4 is 5.91 Å². The Balaban J connectivity index is 1.47. The first-order chi connectivity index (χ1) is 14.1. The molecule has 0 fully saturated rings. The summed E-state index contributed by atoms with van der Waals surface area (Å²) in [5.41, 5.74) is 3.36. The molecular weight excluding hydrogens is 375 g/mol. The highest BCUT2D eigenvalue weighted by atomic mass is 19.1. The molecule has 2 heterocycles. The van der Waals surface area contributed by atoms with Crippen LogP contribution in [0.15, 0.2) is 47.0 Å². The third-order valence-corrected chi connectivity index (χ3v) is 5.10. The molecule has 7 heteroatoms. The number of benzene rings is 2. The molecule has 29 heavy (non-hydrogen) atoms. The molecule has 0 spiro atoms. The molecule has 1 aliphatic rings. The van der Waals surface area contributed by atoms with Crippen molar-refractivity contribution in [3.05, 3.63) is 65.1 Å². The normalized spacial score (nSPS) is 13.1. The Morgan fingerprint density at radius 2 is 1.90 bits per heavy atom. The van der Waals surface area contributed by atoms with E-state index in [4.69, 9.17) is 14.0 Å². The molecular formula is C22H21FN2O4. The van der Waals surface area contributed by atoms with Crippen LogP contribution in [0.4, 0.5) is 4.39 Å². The van der Waals surface area contributed by atoms with Gasteiger partial charge in [0.15, 0.2) is 17.3 Å². The third-order valence-electron chi connectivity index (χ3n) is 5.10. The summed E-state index contributed by atoms with van der Waals surface area (Å²) in [7, 11) is 3.14. The van der Waals surface area contributed by atoms with E-state index in [2.05, 4.69) is 5.16 Å². The number of hydrogen-bond donors (Lipinski definition) is 0. The van der Waals surface area contributed by atoms with Crippen LogP contribution in [0.1, 0.15) is 16.8 Å². The fraction of sp³-hybridized carbons (Fsp3) is 0.273. The maximum atomic E-state index is 13.2. The Kier molecular flexibility index (Phi) is 5.20. The second kappa shape index (κ2) is 7.95. The molecule has 0 radical (unpaired) electrons. The minimum absolute atomic E-state index is 0.00852. The van der Waals surface area contributed by atoms with E-state index in [1.807, 2.05) is 12.1 Å². The molecule has 150 valence electrons. The lowest BCUT2D eigenvalue weighted by atomic mass is 10.00. The number of carbonyl (C=O) groups excluding carboxylic acids is 1. The van der Waals surface area contributed by atoms with Crippen LogP contribution in [-0.4, -0.2) is 36.7 Å². The molecule has 0 N–H and O–H groups in total. The number of fused-ring (bicyclic) bond motifs is 1. The van der Waals surface area contributed by atoms with Crippen molar-refractivity contribution in [3.63, 3.8) is 0 Å². The third kappa shape index (κ3) is 3.81.